The Morgan fingerprint density at radius 1 is 0.962 bits per heavy atom. The Morgan fingerprint density at radius 3 is 2.35 bits per heavy atom. The number of nitrogens with zero attached hydrogens (tertiary/aromatic N) is 2. The number of hydrogen-bond acceptors (Lipinski definition) is 4. The molecule has 0 amide bonds. The highest BCUT2D eigenvalue weighted by Crippen LogP contribution is 2.35. The molecule has 2 aromatic carbocycles. The first-order valence-corrected chi connectivity index (χ1v) is 9.18. The van der Waals surface area contributed by atoms with Crippen LogP contribution in [0.25, 0.3) is 0 Å². The lowest BCUT2D eigenvalue weighted by atomic mass is 10.2. The van der Waals surface area contributed by atoms with Crippen LogP contribution >= 0.6 is 38.5 Å². The van der Waals surface area contributed by atoms with Crippen LogP contribution in [0.2, 0.25) is 0 Å². The molecule has 2 N–H and O–H groups in total. The van der Waals surface area contributed by atoms with Crippen LogP contribution in [0.3, 0.4) is 0 Å². The van der Waals surface area contributed by atoms with E-state index in [9.17, 15) is 13.2 Å². The van der Waals surface area contributed by atoms with Gasteiger partial charge in [-0.3, -0.25) is 0 Å². The third-order valence-electron chi connectivity index (χ3n) is 3.28. The molecule has 3 rings (SSSR count). The molecule has 0 atom stereocenters. The summed E-state index contributed by atoms with van der Waals surface area (Å²) in [5.74, 6) is -0.254. The summed E-state index contributed by atoms with van der Waals surface area (Å²) >= 11 is 5.45. The Morgan fingerprint density at radius 2 is 1.69 bits per heavy atom. The minimum Gasteiger partial charge on any atom is -0.340 e. The zero-order chi connectivity index (χ0) is 18.7. The number of aromatic nitrogens is 2. The molecule has 0 bridgehead atoms. The fourth-order valence-electron chi connectivity index (χ4n) is 2.11. The maximum absolute atomic E-state index is 13.3. The SMILES string of the molecule is FC(F)(F)c1cnc(Nc2ccc(I)cc2)nc1Nc1cccc(Br)c1. The minimum absolute atomic E-state index is 0.0664. The maximum Gasteiger partial charge on any atom is 0.421 e. The second-order valence-electron chi connectivity index (χ2n) is 5.22. The predicted molar refractivity (Wildman–Crippen MR) is 107 cm³/mol. The predicted octanol–water partition coefficient (Wildman–Crippen LogP) is 6.35. The summed E-state index contributed by atoms with van der Waals surface area (Å²) in [6.45, 7) is 0. The van der Waals surface area contributed by atoms with Crippen molar-refractivity contribution in [3.8, 4) is 0 Å². The Labute approximate surface area is 169 Å². The van der Waals surface area contributed by atoms with Gasteiger partial charge in [-0.15, -0.1) is 0 Å². The molecule has 1 aromatic heterocycles. The highest BCUT2D eigenvalue weighted by atomic mass is 127. The lowest BCUT2D eigenvalue weighted by Gasteiger charge is -2.15. The van der Waals surface area contributed by atoms with Gasteiger partial charge in [-0.25, -0.2) is 4.98 Å². The van der Waals surface area contributed by atoms with Gasteiger partial charge in [0.2, 0.25) is 5.95 Å². The van der Waals surface area contributed by atoms with Gasteiger partial charge in [0.15, 0.2) is 0 Å². The van der Waals surface area contributed by atoms with Crippen LogP contribution in [-0.2, 0) is 6.18 Å². The van der Waals surface area contributed by atoms with Crippen LogP contribution in [0, 0.1) is 3.57 Å². The third-order valence-corrected chi connectivity index (χ3v) is 4.49. The first-order valence-electron chi connectivity index (χ1n) is 7.31. The van der Waals surface area contributed by atoms with E-state index in [2.05, 4.69) is 59.1 Å². The minimum atomic E-state index is -4.57. The molecule has 0 spiro atoms. The molecule has 0 unspecified atom stereocenters. The van der Waals surface area contributed by atoms with Gasteiger partial charge in [0.1, 0.15) is 11.4 Å². The van der Waals surface area contributed by atoms with Gasteiger partial charge >= 0.3 is 6.18 Å². The van der Waals surface area contributed by atoms with E-state index >= 15 is 0 Å². The van der Waals surface area contributed by atoms with Gasteiger partial charge in [-0.05, 0) is 65.1 Å². The Balaban J connectivity index is 1.94. The normalized spacial score (nSPS) is 11.3. The second-order valence-corrected chi connectivity index (χ2v) is 7.38. The molecule has 0 aliphatic rings. The van der Waals surface area contributed by atoms with E-state index in [-0.39, 0.29) is 11.8 Å². The average Bonchev–Trinajstić information content (AvgIpc) is 2.56. The average molecular weight is 535 g/mol. The Hall–Kier alpha value is -1.88. The quantitative estimate of drug-likeness (QED) is 0.383. The number of hydrogen-bond donors (Lipinski definition) is 2. The van der Waals surface area contributed by atoms with Crippen molar-refractivity contribution in [2.45, 2.75) is 6.18 Å². The fraction of sp³-hybridized carbons (Fsp3) is 0.0588. The number of rotatable bonds is 4. The Bertz CT molecular complexity index is 917. The van der Waals surface area contributed by atoms with Crippen molar-refractivity contribution in [3.05, 3.63) is 68.3 Å². The molecule has 0 saturated carbocycles. The monoisotopic (exact) mass is 534 g/mol. The van der Waals surface area contributed by atoms with Crippen molar-refractivity contribution in [2.75, 3.05) is 10.6 Å². The molecule has 1 heterocycles. The van der Waals surface area contributed by atoms with Gasteiger partial charge in [0.25, 0.3) is 0 Å². The summed E-state index contributed by atoms with van der Waals surface area (Å²) in [5.41, 5.74) is 0.216. The number of benzene rings is 2. The maximum atomic E-state index is 13.3. The van der Waals surface area contributed by atoms with Gasteiger partial charge in [0.05, 0.1) is 0 Å². The molecular weight excluding hydrogens is 524 g/mol. The van der Waals surface area contributed by atoms with Crippen molar-refractivity contribution in [1.29, 1.82) is 0 Å². The van der Waals surface area contributed by atoms with Crippen LogP contribution in [0.5, 0.6) is 0 Å². The molecule has 0 radical (unpaired) electrons. The molecular formula is C17H11BrF3IN4. The van der Waals surface area contributed by atoms with Crippen molar-refractivity contribution in [2.24, 2.45) is 0 Å². The largest absolute Gasteiger partial charge is 0.421 e. The van der Waals surface area contributed by atoms with E-state index < -0.39 is 11.7 Å². The molecule has 0 aliphatic carbocycles. The summed E-state index contributed by atoms with van der Waals surface area (Å²) in [4.78, 5) is 7.80. The summed E-state index contributed by atoms with van der Waals surface area (Å²) in [5, 5.41) is 5.62. The lowest BCUT2D eigenvalue weighted by Crippen LogP contribution is -2.12. The number of nitrogens with one attached hydrogen (secondary N) is 2. The van der Waals surface area contributed by atoms with Crippen LogP contribution in [0.15, 0.2) is 59.2 Å². The highest BCUT2D eigenvalue weighted by molar-refractivity contribution is 14.1. The van der Waals surface area contributed by atoms with Gasteiger partial charge in [0, 0.05) is 25.6 Å². The summed E-state index contributed by atoms with van der Waals surface area (Å²) in [6, 6.07) is 14.1. The van der Waals surface area contributed by atoms with Crippen molar-refractivity contribution < 1.29 is 13.2 Å². The van der Waals surface area contributed by atoms with Crippen molar-refractivity contribution >= 4 is 61.7 Å². The van der Waals surface area contributed by atoms with Gasteiger partial charge in [-0.2, -0.15) is 18.2 Å². The number of anilines is 4. The van der Waals surface area contributed by atoms with E-state index in [1.54, 1.807) is 36.4 Å². The smallest absolute Gasteiger partial charge is 0.340 e. The molecule has 0 aliphatic heterocycles. The number of halogens is 5. The van der Waals surface area contributed by atoms with Crippen LogP contribution in [0.1, 0.15) is 5.56 Å². The van der Waals surface area contributed by atoms with E-state index in [4.69, 9.17) is 0 Å². The zero-order valence-corrected chi connectivity index (χ0v) is 16.7. The van der Waals surface area contributed by atoms with Crippen LogP contribution < -0.4 is 10.6 Å². The summed E-state index contributed by atoms with van der Waals surface area (Å²) in [7, 11) is 0. The van der Waals surface area contributed by atoms with Gasteiger partial charge < -0.3 is 10.6 Å². The molecule has 26 heavy (non-hydrogen) atoms. The topological polar surface area (TPSA) is 49.8 Å². The summed E-state index contributed by atoms with van der Waals surface area (Å²) in [6.07, 6.45) is -3.81. The molecule has 0 fully saturated rings. The van der Waals surface area contributed by atoms with E-state index in [0.29, 0.717) is 11.4 Å². The first kappa shape index (κ1) is 18.9. The van der Waals surface area contributed by atoms with E-state index in [0.717, 1.165) is 14.2 Å². The molecule has 0 saturated heterocycles. The molecule has 3 aromatic rings. The third kappa shape index (κ3) is 4.85. The van der Waals surface area contributed by atoms with Crippen molar-refractivity contribution in [1.82, 2.24) is 9.97 Å². The van der Waals surface area contributed by atoms with Crippen LogP contribution in [0.4, 0.5) is 36.3 Å². The first-order chi connectivity index (χ1) is 12.3. The number of alkyl halides is 3. The van der Waals surface area contributed by atoms with Crippen molar-refractivity contribution in [3.63, 3.8) is 0 Å². The van der Waals surface area contributed by atoms with Crippen LogP contribution in [-0.4, -0.2) is 9.97 Å². The van der Waals surface area contributed by atoms with E-state index in [1.807, 2.05) is 12.1 Å². The highest BCUT2D eigenvalue weighted by Gasteiger charge is 2.35. The second kappa shape index (κ2) is 7.78. The van der Waals surface area contributed by atoms with Gasteiger partial charge in [-0.1, -0.05) is 22.0 Å². The Kier molecular flexibility index (Phi) is 5.66. The fourth-order valence-corrected chi connectivity index (χ4v) is 2.87. The summed E-state index contributed by atoms with van der Waals surface area (Å²) < 4.78 is 41.6. The molecule has 4 nitrogen and oxygen atoms in total. The van der Waals surface area contributed by atoms with E-state index in [1.165, 1.54) is 0 Å². The molecule has 134 valence electrons. The zero-order valence-electron chi connectivity index (χ0n) is 13.0. The lowest BCUT2D eigenvalue weighted by molar-refractivity contribution is -0.137. The standard InChI is InChI=1S/C17H11BrF3IN4/c18-10-2-1-3-13(8-10)24-15-14(17(19,20)21)9-23-16(26-15)25-12-6-4-11(22)5-7-12/h1-9H,(H2,23,24,25,26). The molecule has 9 heteroatoms.